The van der Waals surface area contributed by atoms with Gasteiger partial charge in [-0.25, -0.2) is 4.98 Å². The minimum Gasteiger partial charge on any atom is -0.360 e. The maximum atomic E-state index is 12.7. The molecule has 0 spiro atoms. The summed E-state index contributed by atoms with van der Waals surface area (Å²) in [5, 5.41) is 3.37. The fourth-order valence-corrected chi connectivity index (χ4v) is 3.47. The van der Waals surface area contributed by atoms with Gasteiger partial charge in [0.2, 0.25) is 11.3 Å². The molecule has 0 unspecified atom stereocenters. The molecule has 3 N–H and O–H groups in total. The molecule has 9 heteroatoms. The lowest BCUT2D eigenvalue weighted by Crippen LogP contribution is -2.41. The Hall–Kier alpha value is -4.27. The molecule has 4 aromatic rings. The van der Waals surface area contributed by atoms with Crippen molar-refractivity contribution in [3.05, 3.63) is 86.7 Å². The van der Waals surface area contributed by atoms with Crippen LogP contribution in [0.15, 0.2) is 64.3 Å². The van der Waals surface area contributed by atoms with E-state index in [0.717, 1.165) is 0 Å². The van der Waals surface area contributed by atoms with Crippen LogP contribution in [0.25, 0.3) is 21.8 Å². The normalized spacial score (nSPS) is 10.9. The van der Waals surface area contributed by atoms with Gasteiger partial charge < -0.3 is 20.2 Å². The highest BCUT2D eigenvalue weighted by atomic mass is 16.2. The molecule has 0 aliphatic carbocycles. The number of rotatable bonds is 6. The number of H-pyrrole nitrogens is 2. The van der Waals surface area contributed by atoms with Gasteiger partial charge in [0, 0.05) is 23.6 Å². The van der Waals surface area contributed by atoms with Gasteiger partial charge in [-0.3, -0.25) is 19.2 Å². The van der Waals surface area contributed by atoms with Crippen molar-refractivity contribution < 1.29 is 9.59 Å². The third-order valence-electron chi connectivity index (χ3n) is 5.17. The zero-order chi connectivity index (χ0) is 22.7. The Labute approximate surface area is 182 Å². The van der Waals surface area contributed by atoms with E-state index in [4.69, 9.17) is 0 Å². The van der Waals surface area contributed by atoms with Crippen molar-refractivity contribution in [2.24, 2.45) is 0 Å². The van der Waals surface area contributed by atoms with Crippen LogP contribution >= 0.6 is 0 Å². The third kappa shape index (κ3) is 4.13. The second kappa shape index (κ2) is 8.84. The minimum atomic E-state index is -0.640. The lowest BCUT2D eigenvalue weighted by Gasteiger charge is -2.20. The number of para-hydroxylation sites is 2. The summed E-state index contributed by atoms with van der Waals surface area (Å²) in [6.45, 7) is 1.92. The standard InChI is InChI=1S/C23H21N5O4/c1-2-28(13-19-26-18-10-6-4-8-15(18)23(32)27-19)20(29)12-25-22(31)16-11-24-17-9-5-3-7-14(17)21(16)30/h3-11H,2,12-13H2,1H3,(H,24,30)(H,25,31)(H,26,27,32). The molecular weight excluding hydrogens is 410 g/mol. The van der Waals surface area contributed by atoms with Gasteiger partial charge in [-0.15, -0.1) is 0 Å². The van der Waals surface area contributed by atoms with Crippen LogP contribution in [0.4, 0.5) is 0 Å². The number of benzene rings is 2. The zero-order valence-corrected chi connectivity index (χ0v) is 17.3. The van der Waals surface area contributed by atoms with E-state index in [0.29, 0.717) is 34.2 Å². The van der Waals surface area contributed by atoms with Gasteiger partial charge in [-0.1, -0.05) is 24.3 Å². The number of likely N-dealkylation sites (N-methyl/N-ethyl adjacent to an activating group) is 1. The van der Waals surface area contributed by atoms with E-state index in [2.05, 4.69) is 20.3 Å². The predicted octanol–water partition coefficient (Wildman–Crippen LogP) is 1.54. The van der Waals surface area contributed by atoms with Crippen LogP contribution in [-0.2, 0) is 11.3 Å². The van der Waals surface area contributed by atoms with Gasteiger partial charge in [0.1, 0.15) is 11.4 Å². The highest BCUT2D eigenvalue weighted by Gasteiger charge is 2.18. The fourth-order valence-electron chi connectivity index (χ4n) is 3.47. The Bertz CT molecular complexity index is 1440. The maximum absolute atomic E-state index is 12.7. The SMILES string of the molecule is CCN(Cc1nc2ccccc2c(=O)[nH]1)C(=O)CNC(=O)c1c[nH]c2ccccc2c1=O. The van der Waals surface area contributed by atoms with Crippen LogP contribution in [0.5, 0.6) is 0 Å². The van der Waals surface area contributed by atoms with Crippen molar-refractivity contribution in [2.45, 2.75) is 13.5 Å². The van der Waals surface area contributed by atoms with Gasteiger partial charge in [-0.05, 0) is 31.2 Å². The topological polar surface area (TPSA) is 128 Å². The number of hydrogen-bond donors (Lipinski definition) is 3. The van der Waals surface area contributed by atoms with Crippen LogP contribution in [0.1, 0.15) is 23.1 Å². The Morgan fingerprint density at radius 3 is 2.53 bits per heavy atom. The van der Waals surface area contributed by atoms with E-state index >= 15 is 0 Å². The van der Waals surface area contributed by atoms with Crippen LogP contribution in [0, 0.1) is 0 Å². The van der Waals surface area contributed by atoms with E-state index in [9.17, 15) is 19.2 Å². The number of carbonyl (C=O) groups excluding carboxylic acids is 2. The Morgan fingerprint density at radius 1 is 1.03 bits per heavy atom. The second-order valence-electron chi connectivity index (χ2n) is 7.20. The van der Waals surface area contributed by atoms with Gasteiger partial charge in [0.25, 0.3) is 11.5 Å². The van der Waals surface area contributed by atoms with Crippen LogP contribution in [-0.4, -0.2) is 44.8 Å². The minimum absolute atomic E-state index is 0.0694. The third-order valence-corrected chi connectivity index (χ3v) is 5.17. The average Bonchev–Trinajstić information content (AvgIpc) is 2.81. The smallest absolute Gasteiger partial charge is 0.258 e. The second-order valence-corrected chi connectivity index (χ2v) is 7.20. The first-order chi connectivity index (χ1) is 15.5. The number of aromatic nitrogens is 3. The molecule has 0 bridgehead atoms. The molecule has 32 heavy (non-hydrogen) atoms. The largest absolute Gasteiger partial charge is 0.360 e. The summed E-state index contributed by atoms with van der Waals surface area (Å²) in [7, 11) is 0. The number of amides is 2. The number of fused-ring (bicyclic) bond motifs is 2. The van der Waals surface area contributed by atoms with E-state index in [1.165, 1.54) is 11.1 Å². The molecule has 0 aliphatic heterocycles. The van der Waals surface area contributed by atoms with Gasteiger partial charge in [-0.2, -0.15) is 0 Å². The van der Waals surface area contributed by atoms with Crippen molar-refractivity contribution in [3.63, 3.8) is 0 Å². The van der Waals surface area contributed by atoms with E-state index in [-0.39, 0.29) is 30.1 Å². The van der Waals surface area contributed by atoms with Crippen molar-refractivity contribution in [1.29, 1.82) is 0 Å². The first-order valence-electron chi connectivity index (χ1n) is 10.1. The summed E-state index contributed by atoms with van der Waals surface area (Å²) >= 11 is 0. The summed E-state index contributed by atoms with van der Waals surface area (Å²) < 4.78 is 0. The van der Waals surface area contributed by atoms with Crippen LogP contribution in [0.3, 0.4) is 0 Å². The lowest BCUT2D eigenvalue weighted by molar-refractivity contribution is -0.130. The van der Waals surface area contributed by atoms with Gasteiger partial charge >= 0.3 is 0 Å². The molecule has 9 nitrogen and oxygen atoms in total. The number of nitrogens with zero attached hydrogens (tertiary/aromatic N) is 2. The fraction of sp³-hybridized carbons (Fsp3) is 0.174. The predicted molar refractivity (Wildman–Crippen MR) is 120 cm³/mol. The Balaban J connectivity index is 1.46. The lowest BCUT2D eigenvalue weighted by atomic mass is 10.1. The molecule has 0 fully saturated rings. The van der Waals surface area contributed by atoms with E-state index in [1.807, 2.05) is 0 Å². The van der Waals surface area contributed by atoms with Gasteiger partial charge in [0.05, 0.1) is 24.0 Å². The van der Waals surface area contributed by atoms with Crippen LogP contribution in [0.2, 0.25) is 0 Å². The number of pyridine rings is 1. The number of nitrogens with one attached hydrogen (secondary N) is 3. The summed E-state index contributed by atoms with van der Waals surface area (Å²) in [5.41, 5.74) is 0.408. The molecule has 0 radical (unpaired) electrons. The summed E-state index contributed by atoms with van der Waals surface area (Å²) in [5.74, 6) is -0.659. The molecule has 0 saturated heterocycles. The van der Waals surface area contributed by atoms with E-state index in [1.54, 1.807) is 55.5 Å². The average molecular weight is 431 g/mol. The molecule has 2 heterocycles. The highest BCUT2D eigenvalue weighted by Crippen LogP contribution is 2.08. The highest BCUT2D eigenvalue weighted by molar-refractivity contribution is 5.98. The maximum Gasteiger partial charge on any atom is 0.258 e. The molecule has 2 aromatic heterocycles. The summed E-state index contributed by atoms with van der Waals surface area (Å²) in [6.07, 6.45) is 1.34. The van der Waals surface area contributed by atoms with E-state index < -0.39 is 11.3 Å². The molecular formula is C23H21N5O4. The zero-order valence-electron chi connectivity index (χ0n) is 17.3. The molecule has 0 atom stereocenters. The van der Waals surface area contributed by atoms with Crippen molar-refractivity contribution in [3.8, 4) is 0 Å². The van der Waals surface area contributed by atoms with Crippen LogP contribution < -0.4 is 16.3 Å². The Kier molecular flexibility index (Phi) is 5.80. The molecule has 2 aromatic carbocycles. The van der Waals surface area contributed by atoms with Crippen molar-refractivity contribution in [1.82, 2.24) is 25.2 Å². The molecule has 0 aliphatic rings. The molecule has 4 rings (SSSR count). The number of hydrogen-bond acceptors (Lipinski definition) is 5. The van der Waals surface area contributed by atoms with Crippen molar-refractivity contribution >= 4 is 33.6 Å². The summed E-state index contributed by atoms with van der Waals surface area (Å²) in [6, 6.07) is 13.8. The quantitative estimate of drug-likeness (QED) is 0.427. The molecule has 162 valence electrons. The molecule has 0 saturated carbocycles. The van der Waals surface area contributed by atoms with Gasteiger partial charge in [0.15, 0.2) is 0 Å². The molecule has 2 amide bonds. The first-order valence-corrected chi connectivity index (χ1v) is 10.1. The first kappa shape index (κ1) is 21.0. The Morgan fingerprint density at radius 2 is 1.75 bits per heavy atom. The number of carbonyl (C=O) groups is 2. The number of aromatic amines is 2. The summed E-state index contributed by atoms with van der Waals surface area (Å²) in [4.78, 5) is 61.5. The monoisotopic (exact) mass is 431 g/mol. The van der Waals surface area contributed by atoms with Crippen molar-refractivity contribution in [2.75, 3.05) is 13.1 Å².